The van der Waals surface area contributed by atoms with Gasteiger partial charge in [0.25, 0.3) is 5.91 Å². The van der Waals surface area contributed by atoms with Crippen LogP contribution in [-0.4, -0.2) is 34.6 Å². The van der Waals surface area contributed by atoms with Crippen LogP contribution < -0.4 is 5.32 Å². The number of carbonyl (C=O) groups excluding carboxylic acids is 1. The van der Waals surface area contributed by atoms with Crippen LogP contribution in [0, 0.1) is 5.82 Å². The minimum Gasteiger partial charge on any atom is -0.369 e. The molecule has 1 aromatic heterocycles. The number of anilines is 1. The summed E-state index contributed by atoms with van der Waals surface area (Å²) in [4.78, 5) is 13.6. The van der Waals surface area contributed by atoms with Gasteiger partial charge in [-0.1, -0.05) is 18.2 Å². The van der Waals surface area contributed by atoms with Crippen molar-refractivity contribution < 1.29 is 9.18 Å². The molecule has 0 bridgehead atoms. The second-order valence-corrected chi connectivity index (χ2v) is 4.59. The third-order valence-electron chi connectivity index (χ3n) is 2.95. The van der Waals surface area contributed by atoms with E-state index >= 15 is 0 Å². The standard InChI is InChI=1S/C15H17FN4O/c1-3-17-14-9-8-13(18-19-14)15(21)20(2)10-11-6-4-5-7-12(11)16/h4-9H,3,10H2,1-2H3,(H,17,19). The van der Waals surface area contributed by atoms with Gasteiger partial charge in [0.2, 0.25) is 0 Å². The van der Waals surface area contributed by atoms with Gasteiger partial charge in [0.15, 0.2) is 5.69 Å². The van der Waals surface area contributed by atoms with Crippen molar-refractivity contribution in [3.05, 3.63) is 53.5 Å². The zero-order chi connectivity index (χ0) is 15.2. The van der Waals surface area contributed by atoms with E-state index in [1.807, 2.05) is 6.92 Å². The highest BCUT2D eigenvalue weighted by atomic mass is 19.1. The third-order valence-corrected chi connectivity index (χ3v) is 2.95. The SMILES string of the molecule is CCNc1ccc(C(=O)N(C)Cc2ccccc2F)nn1. The maximum atomic E-state index is 13.6. The number of amides is 1. The lowest BCUT2D eigenvalue weighted by Gasteiger charge is -2.17. The first-order chi connectivity index (χ1) is 10.1. The second-order valence-electron chi connectivity index (χ2n) is 4.59. The fourth-order valence-electron chi connectivity index (χ4n) is 1.87. The van der Waals surface area contributed by atoms with E-state index in [0.29, 0.717) is 11.4 Å². The molecule has 21 heavy (non-hydrogen) atoms. The van der Waals surface area contributed by atoms with Crippen LogP contribution in [0.1, 0.15) is 23.0 Å². The van der Waals surface area contributed by atoms with Crippen LogP contribution >= 0.6 is 0 Å². The van der Waals surface area contributed by atoms with Crippen molar-refractivity contribution in [2.24, 2.45) is 0 Å². The minimum absolute atomic E-state index is 0.183. The Hall–Kier alpha value is -2.50. The molecule has 1 heterocycles. The van der Waals surface area contributed by atoms with Crippen LogP contribution in [0.25, 0.3) is 0 Å². The molecule has 0 atom stereocenters. The van der Waals surface area contributed by atoms with Gasteiger partial charge >= 0.3 is 0 Å². The highest BCUT2D eigenvalue weighted by Gasteiger charge is 2.15. The summed E-state index contributed by atoms with van der Waals surface area (Å²) in [5, 5.41) is 10.8. The summed E-state index contributed by atoms with van der Waals surface area (Å²) in [5.41, 5.74) is 0.695. The Labute approximate surface area is 122 Å². The lowest BCUT2D eigenvalue weighted by atomic mass is 10.2. The van der Waals surface area contributed by atoms with E-state index < -0.39 is 0 Å². The third kappa shape index (κ3) is 3.75. The Morgan fingerprint density at radius 2 is 2.00 bits per heavy atom. The van der Waals surface area contributed by atoms with Gasteiger partial charge in [0, 0.05) is 25.7 Å². The number of carbonyl (C=O) groups is 1. The highest BCUT2D eigenvalue weighted by Crippen LogP contribution is 2.11. The zero-order valence-electron chi connectivity index (χ0n) is 12.0. The Morgan fingerprint density at radius 3 is 2.62 bits per heavy atom. The van der Waals surface area contributed by atoms with Crippen molar-refractivity contribution in [2.75, 3.05) is 18.9 Å². The molecule has 0 fully saturated rings. The predicted octanol–water partition coefficient (Wildman–Crippen LogP) is 2.32. The van der Waals surface area contributed by atoms with Crippen molar-refractivity contribution in [3.8, 4) is 0 Å². The van der Waals surface area contributed by atoms with Gasteiger partial charge in [-0.15, -0.1) is 10.2 Å². The number of aromatic nitrogens is 2. The van der Waals surface area contributed by atoms with Crippen LogP contribution in [0.15, 0.2) is 36.4 Å². The van der Waals surface area contributed by atoms with E-state index in [1.54, 1.807) is 37.4 Å². The van der Waals surface area contributed by atoms with Gasteiger partial charge in [-0.25, -0.2) is 4.39 Å². The number of nitrogens with zero attached hydrogens (tertiary/aromatic N) is 3. The second kappa shape index (κ2) is 6.78. The molecule has 0 aliphatic heterocycles. The number of benzene rings is 1. The fourth-order valence-corrected chi connectivity index (χ4v) is 1.87. The minimum atomic E-state index is -0.328. The number of hydrogen-bond acceptors (Lipinski definition) is 4. The average molecular weight is 288 g/mol. The predicted molar refractivity (Wildman–Crippen MR) is 78.4 cm³/mol. The van der Waals surface area contributed by atoms with Crippen molar-refractivity contribution >= 4 is 11.7 Å². The molecule has 1 N–H and O–H groups in total. The monoisotopic (exact) mass is 288 g/mol. The average Bonchev–Trinajstić information content (AvgIpc) is 2.50. The first kappa shape index (κ1) is 14.9. The lowest BCUT2D eigenvalue weighted by molar-refractivity contribution is 0.0777. The van der Waals surface area contributed by atoms with Crippen molar-refractivity contribution in [2.45, 2.75) is 13.5 Å². The number of halogens is 1. The number of rotatable bonds is 5. The van der Waals surface area contributed by atoms with Gasteiger partial charge in [0.1, 0.15) is 11.6 Å². The lowest BCUT2D eigenvalue weighted by Crippen LogP contribution is -2.27. The van der Waals surface area contributed by atoms with Crippen molar-refractivity contribution in [3.63, 3.8) is 0 Å². The largest absolute Gasteiger partial charge is 0.369 e. The first-order valence-electron chi connectivity index (χ1n) is 6.68. The van der Waals surface area contributed by atoms with E-state index in [-0.39, 0.29) is 24.0 Å². The Morgan fingerprint density at radius 1 is 1.24 bits per heavy atom. The number of hydrogen-bond donors (Lipinski definition) is 1. The summed E-state index contributed by atoms with van der Waals surface area (Å²) >= 11 is 0. The smallest absolute Gasteiger partial charge is 0.274 e. The summed E-state index contributed by atoms with van der Waals surface area (Å²) in [7, 11) is 1.61. The molecule has 1 aromatic carbocycles. The molecular weight excluding hydrogens is 271 g/mol. The molecule has 110 valence electrons. The van der Waals surface area contributed by atoms with Crippen molar-refractivity contribution in [1.29, 1.82) is 0 Å². The summed E-state index contributed by atoms with van der Waals surface area (Å²) < 4.78 is 13.6. The molecule has 0 saturated carbocycles. The van der Waals surface area contributed by atoms with E-state index in [4.69, 9.17) is 0 Å². The van der Waals surface area contributed by atoms with Crippen molar-refractivity contribution in [1.82, 2.24) is 15.1 Å². The van der Waals surface area contributed by atoms with E-state index in [0.717, 1.165) is 6.54 Å². The summed E-state index contributed by atoms with van der Waals surface area (Å²) in [5.74, 6) is -0.00895. The molecule has 0 spiro atoms. The Balaban J connectivity index is 2.07. The number of nitrogens with one attached hydrogen (secondary N) is 1. The topological polar surface area (TPSA) is 58.1 Å². The molecule has 0 aliphatic carbocycles. The maximum Gasteiger partial charge on any atom is 0.274 e. The molecule has 1 amide bonds. The molecule has 0 saturated heterocycles. The first-order valence-corrected chi connectivity index (χ1v) is 6.68. The summed E-state index contributed by atoms with van der Waals surface area (Å²) in [6, 6.07) is 9.68. The van der Waals surface area contributed by atoms with Crippen LogP contribution in [0.4, 0.5) is 10.2 Å². The van der Waals surface area contributed by atoms with E-state index in [2.05, 4.69) is 15.5 Å². The summed E-state index contributed by atoms with van der Waals surface area (Å²) in [6.45, 7) is 2.86. The zero-order valence-corrected chi connectivity index (χ0v) is 12.0. The van der Waals surface area contributed by atoms with E-state index in [9.17, 15) is 9.18 Å². The molecule has 0 radical (unpaired) electrons. The van der Waals surface area contributed by atoms with Crippen LogP contribution in [0.2, 0.25) is 0 Å². The van der Waals surface area contributed by atoms with Gasteiger partial charge in [-0.3, -0.25) is 4.79 Å². The molecule has 2 rings (SSSR count). The van der Waals surface area contributed by atoms with Gasteiger partial charge in [0.05, 0.1) is 0 Å². The highest BCUT2D eigenvalue weighted by molar-refractivity contribution is 5.92. The molecule has 5 nitrogen and oxygen atoms in total. The van der Waals surface area contributed by atoms with Gasteiger partial charge < -0.3 is 10.2 Å². The Kier molecular flexibility index (Phi) is 4.81. The summed E-state index contributed by atoms with van der Waals surface area (Å²) in [6.07, 6.45) is 0. The van der Waals surface area contributed by atoms with Gasteiger partial charge in [-0.05, 0) is 25.1 Å². The van der Waals surface area contributed by atoms with E-state index in [1.165, 1.54) is 11.0 Å². The van der Waals surface area contributed by atoms with Crippen LogP contribution in [0.3, 0.4) is 0 Å². The Bertz CT molecular complexity index is 615. The van der Waals surface area contributed by atoms with Crippen LogP contribution in [-0.2, 0) is 6.54 Å². The fraction of sp³-hybridized carbons (Fsp3) is 0.267. The van der Waals surface area contributed by atoms with Gasteiger partial charge in [-0.2, -0.15) is 0 Å². The quantitative estimate of drug-likeness (QED) is 0.917. The molecule has 2 aromatic rings. The molecule has 0 aliphatic rings. The normalized spacial score (nSPS) is 10.2. The molecule has 6 heteroatoms. The maximum absolute atomic E-state index is 13.6. The van der Waals surface area contributed by atoms with Crippen LogP contribution in [0.5, 0.6) is 0 Å². The molecule has 0 unspecified atom stereocenters. The molecular formula is C15H17FN4O.